The number of hydrogen-bond donors (Lipinski definition) is 1. The summed E-state index contributed by atoms with van der Waals surface area (Å²) in [6.07, 6.45) is 3.34. The molecular formula is C12H14BrNO. The molecule has 0 bridgehead atoms. The van der Waals surface area contributed by atoms with Crippen LogP contribution in [0.15, 0.2) is 34.8 Å². The zero-order valence-electron chi connectivity index (χ0n) is 8.83. The zero-order valence-corrected chi connectivity index (χ0v) is 10.4. The van der Waals surface area contributed by atoms with E-state index in [4.69, 9.17) is 0 Å². The number of halogens is 1. The van der Waals surface area contributed by atoms with Crippen molar-refractivity contribution in [1.82, 2.24) is 5.32 Å². The Hall–Kier alpha value is -1.09. The Kier molecular flexibility index (Phi) is 4.56. The van der Waals surface area contributed by atoms with E-state index in [2.05, 4.69) is 21.2 Å². The number of hydrogen-bond acceptors (Lipinski definition) is 1. The molecule has 0 radical (unpaired) electrons. The lowest BCUT2D eigenvalue weighted by molar-refractivity contribution is -0.116. The Morgan fingerprint density at radius 2 is 2.20 bits per heavy atom. The minimum absolute atomic E-state index is 0.0648. The molecule has 0 aliphatic rings. The van der Waals surface area contributed by atoms with E-state index >= 15 is 0 Å². The molecule has 0 aromatic heterocycles. The van der Waals surface area contributed by atoms with Gasteiger partial charge < -0.3 is 5.32 Å². The molecule has 0 unspecified atom stereocenters. The Labute approximate surface area is 98.5 Å². The largest absolute Gasteiger partial charge is 0.350 e. The third-order valence-electron chi connectivity index (χ3n) is 1.71. The number of benzene rings is 1. The summed E-state index contributed by atoms with van der Waals surface area (Å²) in [4.78, 5) is 11.3. The monoisotopic (exact) mass is 267 g/mol. The Morgan fingerprint density at radius 1 is 1.47 bits per heavy atom. The summed E-state index contributed by atoms with van der Waals surface area (Å²) in [5.41, 5.74) is 1.00. The average molecular weight is 268 g/mol. The van der Waals surface area contributed by atoms with Gasteiger partial charge in [0.15, 0.2) is 0 Å². The minimum atomic E-state index is -0.0648. The van der Waals surface area contributed by atoms with E-state index in [9.17, 15) is 4.79 Å². The topological polar surface area (TPSA) is 29.1 Å². The predicted molar refractivity (Wildman–Crippen MR) is 66.5 cm³/mol. The maximum absolute atomic E-state index is 11.3. The minimum Gasteiger partial charge on any atom is -0.350 e. The van der Waals surface area contributed by atoms with Gasteiger partial charge in [-0.15, -0.1) is 0 Å². The maximum Gasteiger partial charge on any atom is 0.244 e. The maximum atomic E-state index is 11.3. The molecule has 0 saturated heterocycles. The van der Waals surface area contributed by atoms with Gasteiger partial charge in [0.1, 0.15) is 0 Å². The first kappa shape index (κ1) is 12.0. The van der Waals surface area contributed by atoms with Gasteiger partial charge in [-0.05, 0) is 37.6 Å². The lowest BCUT2D eigenvalue weighted by Crippen LogP contribution is -2.28. The Balaban J connectivity index is 2.61. The molecule has 1 N–H and O–H groups in total. The lowest BCUT2D eigenvalue weighted by Gasteiger charge is -2.04. The highest BCUT2D eigenvalue weighted by Crippen LogP contribution is 2.12. The highest BCUT2D eigenvalue weighted by molar-refractivity contribution is 9.10. The first-order valence-electron chi connectivity index (χ1n) is 4.82. The molecule has 0 fully saturated rings. The van der Waals surface area contributed by atoms with E-state index in [1.54, 1.807) is 12.2 Å². The summed E-state index contributed by atoms with van der Waals surface area (Å²) in [5.74, 6) is -0.0648. The van der Waals surface area contributed by atoms with Crippen LogP contribution in [0.1, 0.15) is 19.4 Å². The Morgan fingerprint density at radius 3 is 2.80 bits per heavy atom. The van der Waals surface area contributed by atoms with Crippen LogP contribution < -0.4 is 5.32 Å². The molecule has 3 heteroatoms. The molecule has 1 aromatic carbocycles. The van der Waals surface area contributed by atoms with Gasteiger partial charge in [-0.25, -0.2) is 0 Å². The first-order chi connectivity index (χ1) is 7.08. The molecule has 0 aliphatic heterocycles. The Bertz CT molecular complexity index is 372. The van der Waals surface area contributed by atoms with Gasteiger partial charge in [0, 0.05) is 16.6 Å². The van der Waals surface area contributed by atoms with Crippen LogP contribution in [0.3, 0.4) is 0 Å². The van der Waals surface area contributed by atoms with E-state index in [1.807, 2.05) is 38.1 Å². The summed E-state index contributed by atoms with van der Waals surface area (Å²) >= 11 is 3.38. The van der Waals surface area contributed by atoms with Crippen molar-refractivity contribution in [2.75, 3.05) is 0 Å². The second kappa shape index (κ2) is 5.71. The SMILES string of the molecule is CC(C)NC(=O)C=Cc1cccc(Br)c1. The van der Waals surface area contributed by atoms with Crippen LogP contribution in [-0.4, -0.2) is 11.9 Å². The van der Waals surface area contributed by atoms with E-state index in [1.165, 1.54) is 0 Å². The quantitative estimate of drug-likeness (QED) is 0.839. The molecule has 2 nitrogen and oxygen atoms in total. The van der Waals surface area contributed by atoms with E-state index in [-0.39, 0.29) is 11.9 Å². The van der Waals surface area contributed by atoms with Crippen molar-refractivity contribution in [2.24, 2.45) is 0 Å². The zero-order chi connectivity index (χ0) is 11.3. The van der Waals surface area contributed by atoms with Crippen molar-refractivity contribution >= 4 is 27.9 Å². The number of nitrogens with one attached hydrogen (secondary N) is 1. The summed E-state index contributed by atoms with van der Waals surface area (Å²) in [5, 5.41) is 2.79. The van der Waals surface area contributed by atoms with Gasteiger partial charge in [-0.2, -0.15) is 0 Å². The summed E-state index contributed by atoms with van der Waals surface area (Å²) < 4.78 is 1.01. The fraction of sp³-hybridized carbons (Fsp3) is 0.250. The van der Waals surface area contributed by atoms with Crippen LogP contribution in [0.25, 0.3) is 6.08 Å². The normalized spacial score (nSPS) is 10.9. The average Bonchev–Trinajstić information content (AvgIpc) is 2.14. The molecule has 15 heavy (non-hydrogen) atoms. The number of rotatable bonds is 3. The van der Waals surface area contributed by atoms with E-state index in [0.717, 1.165) is 10.0 Å². The van der Waals surface area contributed by atoms with E-state index < -0.39 is 0 Å². The molecule has 0 saturated carbocycles. The van der Waals surface area contributed by atoms with Crippen molar-refractivity contribution in [3.05, 3.63) is 40.4 Å². The highest BCUT2D eigenvalue weighted by atomic mass is 79.9. The van der Waals surface area contributed by atoms with Crippen molar-refractivity contribution in [2.45, 2.75) is 19.9 Å². The van der Waals surface area contributed by atoms with Gasteiger partial charge >= 0.3 is 0 Å². The summed E-state index contributed by atoms with van der Waals surface area (Å²) in [6.45, 7) is 3.87. The summed E-state index contributed by atoms with van der Waals surface area (Å²) in [7, 11) is 0. The van der Waals surface area contributed by atoms with Crippen LogP contribution in [0.5, 0.6) is 0 Å². The van der Waals surface area contributed by atoms with Crippen LogP contribution in [0.2, 0.25) is 0 Å². The van der Waals surface area contributed by atoms with Crippen molar-refractivity contribution in [3.8, 4) is 0 Å². The second-order valence-electron chi connectivity index (χ2n) is 3.55. The van der Waals surface area contributed by atoms with Crippen LogP contribution >= 0.6 is 15.9 Å². The van der Waals surface area contributed by atoms with Gasteiger partial charge in [0.2, 0.25) is 5.91 Å². The van der Waals surface area contributed by atoms with Crippen molar-refractivity contribution in [3.63, 3.8) is 0 Å². The second-order valence-corrected chi connectivity index (χ2v) is 4.47. The number of carbonyl (C=O) groups excluding carboxylic acids is 1. The number of amides is 1. The van der Waals surface area contributed by atoms with Crippen LogP contribution in [0, 0.1) is 0 Å². The fourth-order valence-corrected chi connectivity index (χ4v) is 1.53. The molecule has 0 spiro atoms. The molecule has 0 atom stereocenters. The van der Waals surface area contributed by atoms with Crippen LogP contribution in [-0.2, 0) is 4.79 Å². The first-order valence-corrected chi connectivity index (χ1v) is 5.61. The van der Waals surface area contributed by atoms with Gasteiger partial charge in [-0.1, -0.05) is 28.1 Å². The molecule has 1 rings (SSSR count). The van der Waals surface area contributed by atoms with Gasteiger partial charge in [0.05, 0.1) is 0 Å². The lowest BCUT2D eigenvalue weighted by atomic mass is 10.2. The smallest absolute Gasteiger partial charge is 0.244 e. The van der Waals surface area contributed by atoms with Crippen molar-refractivity contribution < 1.29 is 4.79 Å². The molecule has 0 aliphatic carbocycles. The molecule has 1 amide bonds. The fourth-order valence-electron chi connectivity index (χ4n) is 1.11. The van der Waals surface area contributed by atoms with Gasteiger partial charge in [-0.3, -0.25) is 4.79 Å². The van der Waals surface area contributed by atoms with E-state index in [0.29, 0.717) is 0 Å². The summed E-state index contributed by atoms with van der Waals surface area (Å²) in [6, 6.07) is 7.96. The predicted octanol–water partition coefficient (Wildman–Crippen LogP) is 2.99. The number of carbonyl (C=O) groups is 1. The highest BCUT2D eigenvalue weighted by Gasteiger charge is 1.97. The standard InChI is InChI=1S/C12H14BrNO/c1-9(2)14-12(15)7-6-10-4-3-5-11(13)8-10/h3-9H,1-2H3,(H,14,15). The third-order valence-corrected chi connectivity index (χ3v) is 2.20. The molecule has 1 aromatic rings. The van der Waals surface area contributed by atoms with Crippen LogP contribution in [0.4, 0.5) is 0 Å². The van der Waals surface area contributed by atoms with Gasteiger partial charge in [0.25, 0.3) is 0 Å². The molecular weight excluding hydrogens is 254 g/mol. The van der Waals surface area contributed by atoms with Crippen molar-refractivity contribution in [1.29, 1.82) is 0 Å². The third kappa shape index (κ3) is 4.79. The molecule has 80 valence electrons. The molecule has 0 heterocycles.